The van der Waals surface area contributed by atoms with Crippen LogP contribution in [0, 0.1) is 17.5 Å². The van der Waals surface area contributed by atoms with Crippen LogP contribution in [0.4, 0.5) is 19.0 Å². The van der Waals surface area contributed by atoms with E-state index in [0.29, 0.717) is 5.69 Å². The van der Waals surface area contributed by atoms with Gasteiger partial charge in [-0.05, 0) is 51.0 Å². The highest BCUT2D eigenvalue weighted by Gasteiger charge is 2.35. The maximum atomic E-state index is 16.2. The van der Waals surface area contributed by atoms with E-state index >= 15 is 13.2 Å². The molecule has 240 valence electrons. The monoisotopic (exact) mass is 634 g/mol. The normalized spacial score (nSPS) is 19.5. The molecule has 10 nitrogen and oxygen atoms in total. The smallest absolute Gasteiger partial charge is 0.356 e. The van der Waals surface area contributed by atoms with Gasteiger partial charge in [-0.1, -0.05) is 20.4 Å². The van der Waals surface area contributed by atoms with E-state index in [-0.39, 0.29) is 71.9 Å². The Hall–Kier alpha value is -4.94. The second-order valence-corrected chi connectivity index (χ2v) is 12.0. The minimum absolute atomic E-state index is 0.0709. The maximum Gasteiger partial charge on any atom is 0.356 e. The first kappa shape index (κ1) is 31.1. The summed E-state index contributed by atoms with van der Waals surface area (Å²) in [4.78, 5) is 43.7. The zero-order chi connectivity index (χ0) is 33.0. The minimum Gasteiger partial charge on any atom is -0.486 e. The first-order valence-corrected chi connectivity index (χ1v) is 15.0. The van der Waals surface area contributed by atoms with E-state index in [4.69, 9.17) is 9.47 Å². The predicted molar refractivity (Wildman–Crippen MR) is 166 cm³/mol. The van der Waals surface area contributed by atoms with Gasteiger partial charge in [0.1, 0.15) is 41.5 Å². The van der Waals surface area contributed by atoms with Gasteiger partial charge < -0.3 is 19.3 Å². The molecule has 2 aliphatic heterocycles. The van der Waals surface area contributed by atoms with Crippen molar-refractivity contribution in [2.24, 2.45) is 0 Å². The van der Waals surface area contributed by atoms with Gasteiger partial charge in [0.2, 0.25) is 5.91 Å². The van der Waals surface area contributed by atoms with Gasteiger partial charge in [-0.15, -0.1) is 0 Å². The fourth-order valence-electron chi connectivity index (χ4n) is 6.09. The van der Waals surface area contributed by atoms with Crippen LogP contribution in [0.25, 0.3) is 28.0 Å². The Morgan fingerprint density at radius 2 is 1.78 bits per heavy atom. The number of nitrogens with zero attached hydrogens (tertiary/aromatic N) is 6. The number of benzene rings is 1. The summed E-state index contributed by atoms with van der Waals surface area (Å²) in [6.45, 7) is 13.1. The summed E-state index contributed by atoms with van der Waals surface area (Å²) in [7, 11) is 0. The summed E-state index contributed by atoms with van der Waals surface area (Å²) in [6.07, 6.45) is 2.06. The van der Waals surface area contributed by atoms with Crippen LogP contribution in [0.3, 0.4) is 0 Å². The van der Waals surface area contributed by atoms with Crippen LogP contribution in [0.1, 0.15) is 46.2 Å². The largest absolute Gasteiger partial charge is 0.486 e. The Morgan fingerprint density at radius 1 is 1.04 bits per heavy atom. The number of anilines is 1. The molecule has 0 N–H and O–H groups in total. The standard InChI is InChI=1S/C33H33F3N6O4/c1-7-25(43)40-13-18(5)41(14-17(40)4)31-20-12-23(36)28-26-21(34)8-9-22(35)30(26)45-15-19(6)46-24-10-11-37-27(16(2)3)29(24)42(32(20)38-28)33(44)39-31/h7-12,16-19H,1,13-15H2,2-6H3/t17-,18+,19+/m1/s1. The summed E-state index contributed by atoms with van der Waals surface area (Å²) in [5.41, 5.74) is -1.19. The Balaban J connectivity index is 1.72. The number of ether oxygens (including phenoxy) is 2. The molecule has 1 saturated heterocycles. The Labute approximate surface area is 263 Å². The van der Waals surface area contributed by atoms with Crippen molar-refractivity contribution in [2.75, 3.05) is 24.6 Å². The number of amides is 1. The highest BCUT2D eigenvalue weighted by Crippen LogP contribution is 2.40. The number of hydrogen-bond acceptors (Lipinski definition) is 8. The summed E-state index contributed by atoms with van der Waals surface area (Å²) in [5.74, 6) is -3.46. The predicted octanol–water partition coefficient (Wildman–Crippen LogP) is 5.15. The molecule has 2 bridgehead atoms. The molecule has 3 aromatic heterocycles. The molecule has 0 saturated carbocycles. The number of halogens is 3. The van der Waals surface area contributed by atoms with E-state index in [1.165, 1.54) is 10.6 Å². The van der Waals surface area contributed by atoms with Crippen molar-refractivity contribution in [1.29, 1.82) is 0 Å². The molecule has 1 amide bonds. The number of rotatable bonds is 3. The van der Waals surface area contributed by atoms with Crippen molar-refractivity contribution >= 4 is 22.8 Å². The summed E-state index contributed by atoms with van der Waals surface area (Å²) in [5, 5.41) is 0.136. The molecule has 3 atom stereocenters. The molecule has 13 heteroatoms. The molecule has 0 spiro atoms. The van der Waals surface area contributed by atoms with Gasteiger partial charge in [0.05, 0.1) is 16.6 Å². The molecule has 1 fully saturated rings. The quantitative estimate of drug-likeness (QED) is 0.285. The molecule has 0 unspecified atom stereocenters. The molecule has 0 radical (unpaired) electrons. The molecular formula is C33H33F3N6O4. The van der Waals surface area contributed by atoms with Crippen LogP contribution in [-0.2, 0) is 4.79 Å². The fraction of sp³-hybridized carbons (Fsp3) is 0.364. The van der Waals surface area contributed by atoms with Gasteiger partial charge in [-0.2, -0.15) is 4.98 Å². The number of carbonyl (C=O) groups excluding carboxylic acids is 1. The van der Waals surface area contributed by atoms with Crippen molar-refractivity contribution in [1.82, 2.24) is 24.4 Å². The molecule has 1 aromatic carbocycles. The van der Waals surface area contributed by atoms with E-state index in [1.807, 2.05) is 32.6 Å². The van der Waals surface area contributed by atoms with E-state index in [9.17, 15) is 9.59 Å². The molecular weight excluding hydrogens is 601 g/mol. The van der Waals surface area contributed by atoms with Crippen molar-refractivity contribution in [3.05, 3.63) is 76.7 Å². The zero-order valence-corrected chi connectivity index (χ0v) is 26.1. The summed E-state index contributed by atoms with van der Waals surface area (Å²) in [6, 6.07) is 3.80. The third-order valence-corrected chi connectivity index (χ3v) is 8.29. The SMILES string of the molecule is C=CC(=O)N1C[C@H](C)N(c2nc(=O)n3c4nc(c(F)cc24)-c2c(F)ccc(F)c2OC[C@H](C)Oc2ccnc(C(C)C)c2-3)C[C@H]1C. The first-order valence-electron chi connectivity index (χ1n) is 15.0. The van der Waals surface area contributed by atoms with E-state index in [1.54, 1.807) is 24.1 Å². The van der Waals surface area contributed by atoms with Gasteiger partial charge in [-0.25, -0.2) is 27.5 Å². The Morgan fingerprint density at radius 3 is 2.50 bits per heavy atom. The Kier molecular flexibility index (Phi) is 7.95. The molecule has 4 aromatic rings. The van der Waals surface area contributed by atoms with Crippen LogP contribution in [0.15, 0.2) is 47.9 Å². The second-order valence-electron chi connectivity index (χ2n) is 12.0. The highest BCUT2D eigenvalue weighted by atomic mass is 19.1. The van der Waals surface area contributed by atoms with Crippen molar-refractivity contribution in [2.45, 2.75) is 58.7 Å². The third-order valence-electron chi connectivity index (χ3n) is 8.29. The van der Waals surface area contributed by atoms with Crippen LogP contribution in [0.5, 0.6) is 11.5 Å². The lowest BCUT2D eigenvalue weighted by molar-refractivity contribution is -0.128. The van der Waals surface area contributed by atoms with Gasteiger partial charge in [0.25, 0.3) is 0 Å². The number of piperazine rings is 1. The summed E-state index contributed by atoms with van der Waals surface area (Å²) < 4.78 is 60.0. The highest BCUT2D eigenvalue weighted by molar-refractivity contribution is 5.92. The van der Waals surface area contributed by atoms with Crippen molar-refractivity contribution in [3.8, 4) is 28.4 Å². The molecule has 46 heavy (non-hydrogen) atoms. The fourth-order valence-corrected chi connectivity index (χ4v) is 6.09. The average molecular weight is 635 g/mol. The van der Waals surface area contributed by atoms with Crippen LogP contribution in [0.2, 0.25) is 0 Å². The van der Waals surface area contributed by atoms with Gasteiger partial charge in [0.15, 0.2) is 23.0 Å². The maximum absolute atomic E-state index is 16.2. The second kappa shape index (κ2) is 11.8. The number of fused-ring (bicyclic) bond motifs is 5. The molecule has 5 heterocycles. The molecule has 0 aliphatic carbocycles. The lowest BCUT2D eigenvalue weighted by Crippen LogP contribution is -2.58. The minimum atomic E-state index is -0.979. The van der Waals surface area contributed by atoms with Gasteiger partial charge in [-0.3, -0.25) is 9.78 Å². The lowest BCUT2D eigenvalue weighted by Gasteiger charge is -2.44. The number of hydrogen-bond donors (Lipinski definition) is 0. The van der Waals surface area contributed by atoms with Crippen molar-refractivity contribution in [3.63, 3.8) is 0 Å². The number of aromatic nitrogens is 4. The topological polar surface area (TPSA) is 103 Å². The zero-order valence-electron chi connectivity index (χ0n) is 26.1. The van der Waals surface area contributed by atoms with Crippen LogP contribution < -0.4 is 20.1 Å². The third kappa shape index (κ3) is 5.13. The van der Waals surface area contributed by atoms with Crippen LogP contribution in [-0.4, -0.2) is 68.2 Å². The Bertz CT molecular complexity index is 1950. The van der Waals surface area contributed by atoms with Gasteiger partial charge in [0, 0.05) is 37.4 Å². The average Bonchev–Trinajstić information content (AvgIpc) is 3.01. The van der Waals surface area contributed by atoms with E-state index in [0.717, 1.165) is 18.2 Å². The number of carbonyl (C=O) groups is 1. The van der Waals surface area contributed by atoms with Crippen molar-refractivity contribution < 1.29 is 27.4 Å². The van der Waals surface area contributed by atoms with E-state index < -0.39 is 46.3 Å². The molecule has 6 rings (SSSR count). The lowest BCUT2D eigenvalue weighted by atomic mass is 10.0. The summed E-state index contributed by atoms with van der Waals surface area (Å²) >= 11 is 0. The van der Waals surface area contributed by atoms with Crippen LogP contribution >= 0.6 is 0 Å². The number of pyridine rings is 2. The van der Waals surface area contributed by atoms with Gasteiger partial charge >= 0.3 is 5.69 Å². The van der Waals surface area contributed by atoms with E-state index in [2.05, 4.69) is 21.5 Å². The molecule has 2 aliphatic rings. The first-order chi connectivity index (χ1) is 21.9.